The summed E-state index contributed by atoms with van der Waals surface area (Å²) in [6.07, 6.45) is 3.83. The second-order valence-electron chi connectivity index (χ2n) is 10.6. The summed E-state index contributed by atoms with van der Waals surface area (Å²) in [5, 5.41) is 11.0. The standard InChI is InChI=1S/C31H26ClNO6/c1-14-4-6-17(12-22(14)32)33-30(37)19-8-7-18-20(27(19)31(33)38)13-21-28(24(35)10-15(2)29(21)36)26(18)16-5-9-25(39-3)23(34)11-16/h4-7,9-12,19-20,26-27,34H,8,13H2,1-3H3/t19-,20+,26-,27-/m0/s1. The minimum absolute atomic E-state index is 0.0931. The fourth-order valence-electron chi connectivity index (χ4n) is 6.62. The van der Waals surface area contributed by atoms with Crippen molar-refractivity contribution in [2.75, 3.05) is 12.0 Å². The first kappa shape index (κ1) is 25.3. The van der Waals surface area contributed by atoms with Crippen molar-refractivity contribution in [3.05, 3.63) is 87.0 Å². The number of hydrogen-bond donors (Lipinski definition) is 1. The molecule has 0 spiro atoms. The van der Waals surface area contributed by atoms with Gasteiger partial charge in [0.25, 0.3) is 0 Å². The number of halogens is 1. The quantitative estimate of drug-likeness (QED) is 0.332. The highest BCUT2D eigenvalue weighted by atomic mass is 35.5. The Morgan fingerprint density at radius 3 is 2.46 bits per heavy atom. The summed E-state index contributed by atoms with van der Waals surface area (Å²) in [4.78, 5) is 55.5. The maximum atomic E-state index is 14.0. The summed E-state index contributed by atoms with van der Waals surface area (Å²) in [5.41, 5.74) is 3.78. The number of amides is 2. The van der Waals surface area contributed by atoms with Crippen molar-refractivity contribution in [3.8, 4) is 11.5 Å². The number of ether oxygens (including phenoxy) is 1. The van der Waals surface area contributed by atoms with Crippen LogP contribution in [0.1, 0.15) is 36.8 Å². The van der Waals surface area contributed by atoms with E-state index < -0.39 is 23.7 Å². The number of carbonyl (C=O) groups is 4. The van der Waals surface area contributed by atoms with Crippen LogP contribution >= 0.6 is 11.6 Å². The summed E-state index contributed by atoms with van der Waals surface area (Å²) >= 11 is 6.32. The van der Waals surface area contributed by atoms with E-state index >= 15 is 0 Å². The molecular weight excluding hydrogens is 518 g/mol. The topological polar surface area (TPSA) is 101 Å². The minimum atomic E-state index is -0.685. The number of nitrogens with zero attached hydrogens (tertiary/aromatic N) is 1. The molecule has 8 heteroatoms. The molecule has 39 heavy (non-hydrogen) atoms. The van der Waals surface area contributed by atoms with Gasteiger partial charge in [-0.2, -0.15) is 0 Å². The lowest BCUT2D eigenvalue weighted by atomic mass is 9.59. The number of phenols is 1. The van der Waals surface area contributed by atoms with Crippen molar-refractivity contribution in [2.45, 2.75) is 32.6 Å². The number of benzene rings is 2. The number of aromatic hydroxyl groups is 1. The smallest absolute Gasteiger partial charge is 0.238 e. The third kappa shape index (κ3) is 3.71. The average molecular weight is 544 g/mol. The van der Waals surface area contributed by atoms with Gasteiger partial charge in [-0.15, -0.1) is 0 Å². The molecule has 1 N–H and O–H groups in total. The Morgan fingerprint density at radius 1 is 1.00 bits per heavy atom. The third-order valence-electron chi connectivity index (χ3n) is 8.51. The van der Waals surface area contributed by atoms with Crippen molar-refractivity contribution >= 4 is 40.7 Å². The van der Waals surface area contributed by atoms with E-state index in [0.29, 0.717) is 39.4 Å². The molecule has 7 nitrogen and oxygen atoms in total. The molecule has 3 aliphatic carbocycles. The maximum Gasteiger partial charge on any atom is 0.238 e. The van der Waals surface area contributed by atoms with Crippen molar-refractivity contribution in [1.29, 1.82) is 0 Å². The SMILES string of the molecule is COc1ccc([C@H]2C3=CC[C@@H]4C(=O)N(c5ccc(C)c(Cl)c5)C(=O)[C@@H]4[C@@H]3CC3=C2C(=O)C=C(C)C3=O)cc1O. The Balaban J connectivity index is 1.48. The van der Waals surface area contributed by atoms with Crippen LogP contribution < -0.4 is 9.64 Å². The van der Waals surface area contributed by atoms with Crippen LogP contribution in [0.3, 0.4) is 0 Å². The monoisotopic (exact) mass is 543 g/mol. The van der Waals surface area contributed by atoms with Gasteiger partial charge < -0.3 is 9.84 Å². The van der Waals surface area contributed by atoms with Gasteiger partial charge in [0.05, 0.1) is 24.6 Å². The van der Waals surface area contributed by atoms with Gasteiger partial charge in [0.1, 0.15) is 0 Å². The average Bonchev–Trinajstić information content (AvgIpc) is 3.17. The van der Waals surface area contributed by atoms with E-state index in [9.17, 15) is 24.3 Å². The number of aryl methyl sites for hydroxylation is 1. The van der Waals surface area contributed by atoms with Crippen molar-refractivity contribution in [1.82, 2.24) is 0 Å². The van der Waals surface area contributed by atoms with Crippen LogP contribution in [0.15, 0.2) is 70.8 Å². The molecule has 1 saturated heterocycles. The fourth-order valence-corrected chi connectivity index (χ4v) is 6.80. The maximum absolute atomic E-state index is 14.0. The van der Waals surface area contributed by atoms with E-state index in [1.54, 1.807) is 37.3 Å². The van der Waals surface area contributed by atoms with E-state index in [1.165, 1.54) is 24.2 Å². The van der Waals surface area contributed by atoms with E-state index in [4.69, 9.17) is 16.3 Å². The first-order valence-electron chi connectivity index (χ1n) is 12.8. The zero-order chi connectivity index (χ0) is 27.7. The Kier molecular flexibility index (Phi) is 5.88. The highest BCUT2D eigenvalue weighted by Crippen LogP contribution is 2.55. The van der Waals surface area contributed by atoms with Gasteiger partial charge in [0.15, 0.2) is 23.1 Å². The summed E-state index contributed by atoms with van der Waals surface area (Å²) in [7, 11) is 1.45. The number of rotatable bonds is 3. The third-order valence-corrected chi connectivity index (χ3v) is 8.92. The zero-order valence-corrected chi connectivity index (χ0v) is 22.4. The molecule has 1 heterocycles. The number of phenolic OH excluding ortho intramolecular Hbond substituents is 1. The number of imide groups is 1. The van der Waals surface area contributed by atoms with Crippen molar-refractivity contribution in [2.24, 2.45) is 17.8 Å². The molecule has 0 aromatic heterocycles. The number of hydrogen-bond acceptors (Lipinski definition) is 6. The summed E-state index contributed by atoms with van der Waals surface area (Å²) < 4.78 is 5.20. The largest absolute Gasteiger partial charge is 0.504 e. The lowest BCUT2D eigenvalue weighted by Gasteiger charge is -2.42. The molecule has 4 atom stereocenters. The van der Waals surface area contributed by atoms with Crippen molar-refractivity contribution < 1.29 is 29.0 Å². The highest BCUT2D eigenvalue weighted by molar-refractivity contribution is 6.32. The Labute approximate surface area is 230 Å². The lowest BCUT2D eigenvalue weighted by molar-refractivity contribution is -0.123. The van der Waals surface area contributed by atoms with Gasteiger partial charge in [-0.3, -0.25) is 19.2 Å². The number of allylic oxidation sites excluding steroid dienone is 6. The molecule has 2 amide bonds. The van der Waals surface area contributed by atoms with Gasteiger partial charge in [0, 0.05) is 27.7 Å². The molecule has 4 aliphatic rings. The van der Waals surface area contributed by atoms with E-state index in [0.717, 1.165) is 11.1 Å². The first-order chi connectivity index (χ1) is 18.6. The van der Waals surface area contributed by atoms with Crippen LogP contribution in [0.2, 0.25) is 5.02 Å². The summed E-state index contributed by atoms with van der Waals surface area (Å²) in [6.45, 7) is 3.46. The summed E-state index contributed by atoms with van der Waals surface area (Å²) in [6, 6.07) is 10.0. The fraction of sp³-hybridized carbons (Fsp3) is 0.290. The zero-order valence-electron chi connectivity index (χ0n) is 21.7. The van der Waals surface area contributed by atoms with E-state index in [1.807, 2.05) is 13.0 Å². The number of methoxy groups -OCH3 is 1. The normalized spacial score (nSPS) is 26.2. The predicted molar refractivity (Wildman–Crippen MR) is 145 cm³/mol. The highest BCUT2D eigenvalue weighted by Gasteiger charge is 2.56. The molecule has 1 fully saturated rings. The molecule has 0 bridgehead atoms. The van der Waals surface area contributed by atoms with Gasteiger partial charge in [-0.1, -0.05) is 35.4 Å². The van der Waals surface area contributed by atoms with Crippen LogP contribution in [0, 0.1) is 24.7 Å². The number of carbonyl (C=O) groups excluding carboxylic acids is 4. The molecule has 2 aromatic carbocycles. The van der Waals surface area contributed by atoms with Gasteiger partial charge in [0.2, 0.25) is 11.8 Å². The molecule has 6 rings (SSSR count). The predicted octanol–water partition coefficient (Wildman–Crippen LogP) is 5.00. The Bertz CT molecular complexity index is 1600. The van der Waals surface area contributed by atoms with Crippen LogP contribution in [-0.4, -0.2) is 35.6 Å². The van der Waals surface area contributed by atoms with Crippen LogP contribution in [0.4, 0.5) is 5.69 Å². The van der Waals surface area contributed by atoms with E-state index in [-0.39, 0.29) is 41.3 Å². The second kappa shape index (κ2) is 9.06. The van der Waals surface area contributed by atoms with Crippen LogP contribution in [0.25, 0.3) is 0 Å². The summed E-state index contributed by atoms with van der Waals surface area (Å²) in [5.74, 6) is -3.28. The van der Waals surface area contributed by atoms with Gasteiger partial charge in [-0.25, -0.2) is 4.90 Å². The van der Waals surface area contributed by atoms with Crippen LogP contribution in [-0.2, 0) is 19.2 Å². The molecule has 2 aromatic rings. The molecular formula is C31H26ClNO6. The lowest BCUT2D eigenvalue weighted by Crippen LogP contribution is -2.39. The van der Waals surface area contributed by atoms with E-state index in [2.05, 4.69) is 0 Å². The molecule has 0 unspecified atom stereocenters. The minimum Gasteiger partial charge on any atom is -0.504 e. The van der Waals surface area contributed by atoms with Crippen LogP contribution in [0.5, 0.6) is 11.5 Å². The number of Topliss-reactive ketones (excluding diaryl/α,β-unsaturated/α-hetero) is 1. The molecule has 1 aliphatic heterocycles. The molecule has 0 saturated carbocycles. The second-order valence-corrected chi connectivity index (χ2v) is 11.0. The molecule has 198 valence electrons. The number of anilines is 1. The molecule has 0 radical (unpaired) electrons. The van der Waals surface area contributed by atoms with Crippen molar-refractivity contribution in [3.63, 3.8) is 0 Å². The first-order valence-corrected chi connectivity index (χ1v) is 13.2. The Hall–Kier alpha value is -3.97. The Morgan fingerprint density at radius 2 is 1.77 bits per heavy atom. The van der Waals surface area contributed by atoms with Gasteiger partial charge >= 0.3 is 0 Å². The van der Waals surface area contributed by atoms with Gasteiger partial charge in [-0.05, 0) is 74.1 Å². The number of fused-ring (bicyclic) bond motifs is 3. The number of ketones is 2.